The number of carbonyl (C=O) groups excluding carboxylic acids is 2. The van der Waals surface area contributed by atoms with Crippen molar-refractivity contribution < 1.29 is 14.0 Å². The normalized spacial score (nSPS) is 15.7. The van der Waals surface area contributed by atoms with Gasteiger partial charge in [0.25, 0.3) is 0 Å². The summed E-state index contributed by atoms with van der Waals surface area (Å²) in [5.41, 5.74) is 1.98. The molecule has 0 unspecified atom stereocenters. The van der Waals surface area contributed by atoms with Gasteiger partial charge < -0.3 is 14.7 Å². The molecule has 1 atom stereocenters. The van der Waals surface area contributed by atoms with Crippen molar-refractivity contribution in [2.75, 3.05) is 33.7 Å². The van der Waals surface area contributed by atoms with Gasteiger partial charge in [0.05, 0.1) is 6.04 Å². The average Bonchev–Trinajstić information content (AvgIpc) is 3.19. The van der Waals surface area contributed by atoms with E-state index in [9.17, 15) is 14.0 Å². The predicted molar refractivity (Wildman–Crippen MR) is 114 cm³/mol. The van der Waals surface area contributed by atoms with Crippen molar-refractivity contribution in [3.05, 3.63) is 57.5 Å². The van der Waals surface area contributed by atoms with E-state index in [4.69, 9.17) is 0 Å². The summed E-state index contributed by atoms with van der Waals surface area (Å²) in [6.45, 7) is 3.26. The molecule has 1 aromatic carbocycles. The summed E-state index contributed by atoms with van der Waals surface area (Å²) in [4.78, 5) is 32.1. The summed E-state index contributed by atoms with van der Waals surface area (Å²) in [5.74, 6) is -0.377. The van der Waals surface area contributed by atoms with Crippen LogP contribution in [-0.2, 0) is 11.2 Å². The Bertz CT molecular complexity index is 850. The number of fused-ring (bicyclic) bond motifs is 1. The largest absolute Gasteiger partial charge is 0.331 e. The van der Waals surface area contributed by atoms with Crippen LogP contribution in [0.3, 0.4) is 0 Å². The fourth-order valence-electron chi connectivity index (χ4n) is 3.72. The minimum Gasteiger partial charge on any atom is -0.331 e. The molecule has 156 valence electrons. The molecule has 7 heteroatoms. The molecular formula is C22H28FN3O2S. The van der Waals surface area contributed by atoms with Crippen molar-refractivity contribution in [3.63, 3.8) is 0 Å². The van der Waals surface area contributed by atoms with Crippen LogP contribution < -0.4 is 0 Å². The van der Waals surface area contributed by atoms with Crippen LogP contribution in [0.25, 0.3) is 0 Å². The minimum atomic E-state index is -0.296. The van der Waals surface area contributed by atoms with Crippen LogP contribution in [0.1, 0.15) is 41.8 Å². The van der Waals surface area contributed by atoms with E-state index < -0.39 is 0 Å². The van der Waals surface area contributed by atoms with Crippen LogP contribution in [-0.4, -0.2) is 60.4 Å². The lowest BCUT2D eigenvalue weighted by atomic mass is 9.93. The second-order valence-corrected chi connectivity index (χ2v) is 8.54. The summed E-state index contributed by atoms with van der Waals surface area (Å²) in [6, 6.07) is 8.00. The van der Waals surface area contributed by atoms with Crippen LogP contribution in [0.15, 0.2) is 35.7 Å². The zero-order chi connectivity index (χ0) is 21.0. The molecule has 3 amide bonds. The highest BCUT2D eigenvalue weighted by atomic mass is 32.1. The summed E-state index contributed by atoms with van der Waals surface area (Å²) >= 11 is 1.69. The Kier molecular flexibility index (Phi) is 6.90. The van der Waals surface area contributed by atoms with E-state index >= 15 is 0 Å². The van der Waals surface area contributed by atoms with Gasteiger partial charge in [0.1, 0.15) is 12.4 Å². The highest BCUT2D eigenvalue weighted by molar-refractivity contribution is 7.10. The lowest BCUT2D eigenvalue weighted by Gasteiger charge is -2.38. The molecule has 1 aromatic heterocycles. The van der Waals surface area contributed by atoms with E-state index in [1.807, 2.05) is 16.3 Å². The molecule has 5 nitrogen and oxygen atoms in total. The highest BCUT2D eigenvalue weighted by Gasteiger charge is 2.34. The Morgan fingerprint density at radius 3 is 2.59 bits per heavy atom. The SMILES string of the molecule is CCCCN(CC(=O)N1CCc2sccc2[C@@H]1c1ccc(F)cc1)C(=O)N(C)C. The number of urea groups is 1. The predicted octanol–water partition coefficient (Wildman–Crippen LogP) is 4.15. The van der Waals surface area contributed by atoms with E-state index in [1.165, 1.54) is 21.9 Å². The van der Waals surface area contributed by atoms with Crippen LogP contribution in [0.5, 0.6) is 0 Å². The number of hydrogen-bond acceptors (Lipinski definition) is 3. The average molecular weight is 418 g/mol. The summed E-state index contributed by atoms with van der Waals surface area (Å²) in [6.07, 6.45) is 2.60. The maximum atomic E-state index is 13.5. The van der Waals surface area contributed by atoms with Crippen molar-refractivity contribution in [3.8, 4) is 0 Å². The fourth-order valence-corrected chi connectivity index (χ4v) is 4.62. The number of benzene rings is 1. The van der Waals surface area contributed by atoms with E-state index in [2.05, 4.69) is 6.92 Å². The molecule has 1 aliphatic heterocycles. The monoisotopic (exact) mass is 417 g/mol. The first-order valence-corrected chi connectivity index (χ1v) is 10.9. The fraction of sp³-hybridized carbons (Fsp3) is 0.455. The maximum absolute atomic E-state index is 13.5. The Morgan fingerprint density at radius 1 is 1.21 bits per heavy atom. The van der Waals surface area contributed by atoms with E-state index in [-0.39, 0.29) is 30.3 Å². The van der Waals surface area contributed by atoms with Crippen molar-refractivity contribution in [1.82, 2.24) is 14.7 Å². The number of carbonyl (C=O) groups is 2. The molecule has 2 heterocycles. The molecule has 3 rings (SSSR count). The quantitative estimate of drug-likeness (QED) is 0.709. The van der Waals surface area contributed by atoms with E-state index in [0.29, 0.717) is 13.1 Å². The standard InChI is InChI=1S/C22H28FN3O2S/c1-4-5-12-25(22(28)24(2)3)15-20(27)26-13-10-19-18(11-14-29-19)21(26)16-6-8-17(23)9-7-16/h6-9,11,14,21H,4-5,10,12-13,15H2,1-3H3/t21-/m0/s1. The number of amides is 3. The number of unbranched alkanes of at least 4 members (excludes halogenated alkanes) is 1. The van der Waals surface area contributed by atoms with E-state index in [1.54, 1.807) is 42.5 Å². The first kappa shape index (κ1) is 21.3. The Morgan fingerprint density at radius 2 is 1.93 bits per heavy atom. The zero-order valence-electron chi connectivity index (χ0n) is 17.2. The molecule has 29 heavy (non-hydrogen) atoms. The van der Waals surface area contributed by atoms with Gasteiger partial charge in [-0.3, -0.25) is 4.79 Å². The first-order valence-electron chi connectivity index (χ1n) is 9.99. The van der Waals surface area contributed by atoms with Crippen LogP contribution in [0.4, 0.5) is 9.18 Å². The van der Waals surface area contributed by atoms with Gasteiger partial charge in [-0.15, -0.1) is 11.3 Å². The molecule has 0 bridgehead atoms. The number of nitrogens with zero attached hydrogens (tertiary/aromatic N) is 3. The van der Waals surface area contributed by atoms with Crippen LogP contribution >= 0.6 is 11.3 Å². The molecule has 0 saturated carbocycles. The van der Waals surface area contributed by atoms with Crippen LogP contribution in [0.2, 0.25) is 0 Å². The summed E-state index contributed by atoms with van der Waals surface area (Å²) in [7, 11) is 3.40. The molecule has 0 aliphatic carbocycles. The van der Waals surface area contributed by atoms with Crippen molar-refractivity contribution in [2.24, 2.45) is 0 Å². The Labute approximate surface area is 175 Å². The van der Waals surface area contributed by atoms with Gasteiger partial charge in [0, 0.05) is 32.1 Å². The molecule has 0 radical (unpaired) electrons. The second-order valence-electron chi connectivity index (χ2n) is 7.54. The maximum Gasteiger partial charge on any atom is 0.319 e. The van der Waals surface area contributed by atoms with Crippen LogP contribution in [0, 0.1) is 5.82 Å². The molecule has 0 N–H and O–H groups in total. The third kappa shape index (κ3) is 4.78. The van der Waals surface area contributed by atoms with Gasteiger partial charge >= 0.3 is 6.03 Å². The van der Waals surface area contributed by atoms with Crippen molar-refractivity contribution >= 4 is 23.3 Å². The van der Waals surface area contributed by atoms with Gasteiger partial charge in [0.2, 0.25) is 5.91 Å². The molecule has 2 aromatic rings. The third-order valence-electron chi connectivity index (χ3n) is 5.23. The van der Waals surface area contributed by atoms with Gasteiger partial charge in [-0.2, -0.15) is 0 Å². The lowest BCUT2D eigenvalue weighted by molar-refractivity contribution is -0.134. The number of hydrogen-bond donors (Lipinski definition) is 0. The smallest absolute Gasteiger partial charge is 0.319 e. The summed E-state index contributed by atoms with van der Waals surface area (Å²) < 4.78 is 13.5. The highest BCUT2D eigenvalue weighted by Crippen LogP contribution is 2.37. The van der Waals surface area contributed by atoms with Gasteiger partial charge in [-0.1, -0.05) is 25.5 Å². The molecular weight excluding hydrogens is 389 g/mol. The summed E-state index contributed by atoms with van der Waals surface area (Å²) in [5, 5.41) is 2.04. The number of halogens is 1. The van der Waals surface area contributed by atoms with Crippen molar-refractivity contribution in [1.29, 1.82) is 0 Å². The Hall–Kier alpha value is -2.41. The van der Waals surface area contributed by atoms with Gasteiger partial charge in [0.15, 0.2) is 0 Å². The zero-order valence-corrected chi connectivity index (χ0v) is 18.0. The number of rotatable bonds is 6. The molecule has 0 saturated heterocycles. The first-order chi connectivity index (χ1) is 13.9. The van der Waals surface area contributed by atoms with Gasteiger partial charge in [-0.05, 0) is 47.5 Å². The molecule has 1 aliphatic rings. The van der Waals surface area contributed by atoms with E-state index in [0.717, 1.165) is 30.4 Å². The van der Waals surface area contributed by atoms with Gasteiger partial charge in [-0.25, -0.2) is 9.18 Å². The Balaban J connectivity index is 1.87. The number of thiophene rings is 1. The van der Waals surface area contributed by atoms with Crippen molar-refractivity contribution in [2.45, 2.75) is 32.2 Å². The molecule has 0 spiro atoms. The second kappa shape index (κ2) is 9.39. The topological polar surface area (TPSA) is 43.9 Å². The minimum absolute atomic E-state index is 0.0498. The molecule has 0 fully saturated rings. The lowest BCUT2D eigenvalue weighted by Crippen LogP contribution is -2.49. The third-order valence-corrected chi connectivity index (χ3v) is 6.23.